The Hall–Kier alpha value is -0.180. The van der Waals surface area contributed by atoms with Crippen molar-refractivity contribution in [2.45, 2.75) is 32.6 Å². The fraction of sp³-hybridized carbons (Fsp3) is 0.909. The number of hydrogen-bond acceptors (Lipinski definition) is 4. The van der Waals surface area contributed by atoms with Gasteiger partial charge in [0.1, 0.15) is 11.9 Å². The standard InChI is InChI=1S/C11H21O4P/c1-9-4-6-10(7-5-9)11(12)8-16(13,14-2)15-3/h9-10H,4-8H2,1-3H3. The normalized spacial score (nSPS) is 26.7. The van der Waals surface area contributed by atoms with Crippen molar-refractivity contribution in [1.29, 1.82) is 0 Å². The van der Waals surface area contributed by atoms with Gasteiger partial charge in [0.05, 0.1) is 0 Å². The molecule has 1 fully saturated rings. The average Bonchev–Trinajstić information content (AvgIpc) is 2.29. The number of Topliss-reactive ketones (excluding diaryl/α,β-unsaturated/α-hetero) is 1. The van der Waals surface area contributed by atoms with Gasteiger partial charge in [0.15, 0.2) is 0 Å². The first-order valence-electron chi connectivity index (χ1n) is 5.74. The van der Waals surface area contributed by atoms with Crippen molar-refractivity contribution in [3.05, 3.63) is 0 Å². The van der Waals surface area contributed by atoms with Crippen molar-refractivity contribution < 1.29 is 18.4 Å². The predicted molar refractivity (Wildman–Crippen MR) is 62.6 cm³/mol. The van der Waals surface area contributed by atoms with Gasteiger partial charge in [-0.05, 0) is 18.8 Å². The predicted octanol–water partition coefficient (Wildman–Crippen LogP) is 2.87. The third-order valence-corrected chi connectivity index (χ3v) is 5.19. The number of hydrogen-bond donors (Lipinski definition) is 0. The third-order valence-electron chi connectivity index (χ3n) is 3.38. The van der Waals surface area contributed by atoms with Crippen LogP contribution < -0.4 is 0 Å². The fourth-order valence-corrected chi connectivity index (χ4v) is 3.15. The maximum Gasteiger partial charge on any atom is 0.337 e. The van der Waals surface area contributed by atoms with E-state index in [4.69, 9.17) is 9.05 Å². The molecule has 94 valence electrons. The highest BCUT2D eigenvalue weighted by Gasteiger charge is 2.31. The van der Waals surface area contributed by atoms with E-state index in [0.29, 0.717) is 5.92 Å². The van der Waals surface area contributed by atoms with Gasteiger partial charge < -0.3 is 9.05 Å². The van der Waals surface area contributed by atoms with Gasteiger partial charge in [-0.2, -0.15) is 0 Å². The molecule has 0 saturated heterocycles. The molecule has 1 aliphatic carbocycles. The summed E-state index contributed by atoms with van der Waals surface area (Å²) in [4.78, 5) is 11.9. The van der Waals surface area contributed by atoms with Crippen molar-refractivity contribution in [3.63, 3.8) is 0 Å². The summed E-state index contributed by atoms with van der Waals surface area (Å²) >= 11 is 0. The van der Waals surface area contributed by atoms with Crippen LogP contribution in [0.2, 0.25) is 0 Å². The maximum atomic E-state index is 11.9. The quantitative estimate of drug-likeness (QED) is 0.702. The van der Waals surface area contributed by atoms with Crippen molar-refractivity contribution in [1.82, 2.24) is 0 Å². The molecule has 16 heavy (non-hydrogen) atoms. The van der Waals surface area contributed by atoms with Gasteiger partial charge in [-0.3, -0.25) is 9.36 Å². The van der Waals surface area contributed by atoms with Crippen LogP contribution >= 0.6 is 7.60 Å². The molecule has 1 aliphatic rings. The third kappa shape index (κ3) is 3.69. The van der Waals surface area contributed by atoms with Crippen LogP contribution in [0.25, 0.3) is 0 Å². The average molecular weight is 248 g/mol. The van der Waals surface area contributed by atoms with Crippen molar-refractivity contribution in [2.24, 2.45) is 11.8 Å². The molecule has 0 aromatic heterocycles. The zero-order valence-corrected chi connectivity index (χ0v) is 11.2. The van der Waals surface area contributed by atoms with E-state index >= 15 is 0 Å². The van der Waals surface area contributed by atoms with Crippen LogP contribution in [0.5, 0.6) is 0 Å². The SMILES string of the molecule is COP(=O)(CC(=O)C1CCC(C)CC1)OC. The van der Waals surface area contributed by atoms with Crippen LogP contribution in [0.1, 0.15) is 32.6 Å². The van der Waals surface area contributed by atoms with Gasteiger partial charge in [-0.25, -0.2) is 0 Å². The van der Waals surface area contributed by atoms with Gasteiger partial charge >= 0.3 is 7.60 Å². The highest BCUT2D eigenvalue weighted by molar-refractivity contribution is 7.54. The van der Waals surface area contributed by atoms with Gasteiger partial charge in [0.2, 0.25) is 0 Å². The second-order valence-corrected chi connectivity index (χ2v) is 6.83. The van der Waals surface area contributed by atoms with Crippen LogP contribution in [-0.4, -0.2) is 26.2 Å². The molecule has 0 aromatic rings. The number of ketones is 1. The highest BCUT2D eigenvalue weighted by atomic mass is 31.2. The lowest BCUT2D eigenvalue weighted by atomic mass is 9.81. The van der Waals surface area contributed by atoms with Crippen LogP contribution in [0.4, 0.5) is 0 Å². The van der Waals surface area contributed by atoms with Crippen LogP contribution in [0.15, 0.2) is 0 Å². The minimum Gasteiger partial charge on any atom is -0.312 e. The van der Waals surface area contributed by atoms with E-state index in [1.54, 1.807) is 0 Å². The molecule has 0 atom stereocenters. The Morgan fingerprint density at radius 1 is 1.19 bits per heavy atom. The molecule has 1 rings (SSSR count). The van der Waals surface area contributed by atoms with Gasteiger partial charge in [-0.1, -0.05) is 19.8 Å². The molecule has 1 saturated carbocycles. The summed E-state index contributed by atoms with van der Waals surface area (Å²) in [5, 5.41) is 0. The highest BCUT2D eigenvalue weighted by Crippen LogP contribution is 2.47. The Bertz CT molecular complexity index is 274. The molecule has 0 amide bonds. The summed E-state index contributed by atoms with van der Waals surface area (Å²) in [5.74, 6) is 0.787. The lowest BCUT2D eigenvalue weighted by molar-refractivity contribution is -0.121. The van der Waals surface area contributed by atoms with Crippen molar-refractivity contribution in [3.8, 4) is 0 Å². The van der Waals surface area contributed by atoms with E-state index in [0.717, 1.165) is 25.7 Å². The minimum absolute atomic E-state index is 0.0268. The van der Waals surface area contributed by atoms with E-state index in [1.807, 2.05) is 0 Å². The van der Waals surface area contributed by atoms with Gasteiger partial charge in [0, 0.05) is 20.1 Å². The van der Waals surface area contributed by atoms with Crippen LogP contribution in [-0.2, 0) is 18.4 Å². The summed E-state index contributed by atoms with van der Waals surface area (Å²) < 4.78 is 21.4. The molecular weight excluding hydrogens is 227 g/mol. The molecule has 5 heteroatoms. The summed E-state index contributed by atoms with van der Waals surface area (Å²) in [7, 11) is -0.529. The lowest BCUT2D eigenvalue weighted by Gasteiger charge is -2.25. The first-order valence-corrected chi connectivity index (χ1v) is 7.47. The molecule has 0 heterocycles. The molecule has 0 N–H and O–H groups in total. The topological polar surface area (TPSA) is 52.6 Å². The molecule has 4 nitrogen and oxygen atoms in total. The van der Waals surface area contributed by atoms with E-state index in [1.165, 1.54) is 14.2 Å². The molecule has 0 radical (unpaired) electrons. The van der Waals surface area contributed by atoms with E-state index in [2.05, 4.69) is 6.92 Å². The molecule has 0 unspecified atom stereocenters. The number of carbonyl (C=O) groups is 1. The summed E-state index contributed by atoms with van der Waals surface area (Å²) in [6, 6.07) is 0. The molecule has 0 bridgehead atoms. The Kier molecular flexibility index (Phi) is 5.16. The Labute approximate surface area is 97.2 Å². The number of rotatable bonds is 5. The minimum atomic E-state index is -3.17. The second kappa shape index (κ2) is 5.95. The largest absolute Gasteiger partial charge is 0.337 e. The molecule has 0 aliphatic heterocycles. The Morgan fingerprint density at radius 3 is 2.12 bits per heavy atom. The molecule has 0 spiro atoms. The summed E-state index contributed by atoms with van der Waals surface area (Å²) in [6.07, 6.45) is 3.90. The lowest BCUT2D eigenvalue weighted by Crippen LogP contribution is -2.23. The van der Waals surface area contributed by atoms with Gasteiger partial charge in [-0.15, -0.1) is 0 Å². The smallest absolute Gasteiger partial charge is 0.312 e. The van der Waals surface area contributed by atoms with Crippen LogP contribution in [0.3, 0.4) is 0 Å². The number of carbonyl (C=O) groups excluding carboxylic acids is 1. The van der Waals surface area contributed by atoms with E-state index in [9.17, 15) is 9.36 Å². The second-order valence-electron chi connectivity index (χ2n) is 4.56. The van der Waals surface area contributed by atoms with Crippen molar-refractivity contribution >= 4 is 13.4 Å². The van der Waals surface area contributed by atoms with E-state index < -0.39 is 7.60 Å². The molecular formula is C11H21O4P. The first kappa shape index (κ1) is 13.9. The van der Waals surface area contributed by atoms with Crippen molar-refractivity contribution in [2.75, 3.05) is 20.4 Å². The zero-order valence-electron chi connectivity index (χ0n) is 10.3. The Morgan fingerprint density at radius 2 is 1.69 bits per heavy atom. The van der Waals surface area contributed by atoms with Crippen LogP contribution in [0, 0.1) is 11.8 Å². The Balaban J connectivity index is 2.49. The first-order chi connectivity index (χ1) is 7.50. The summed E-state index contributed by atoms with van der Waals surface area (Å²) in [6.45, 7) is 2.20. The maximum absolute atomic E-state index is 11.9. The van der Waals surface area contributed by atoms with E-state index in [-0.39, 0.29) is 17.9 Å². The van der Waals surface area contributed by atoms with Gasteiger partial charge in [0.25, 0.3) is 0 Å². The summed E-state index contributed by atoms with van der Waals surface area (Å²) in [5.41, 5.74) is 0. The molecule has 0 aromatic carbocycles. The fourth-order valence-electron chi connectivity index (χ4n) is 2.11. The zero-order chi connectivity index (χ0) is 12.2. The monoisotopic (exact) mass is 248 g/mol.